The molecular weight excluding hydrogens is 252 g/mol. The summed E-state index contributed by atoms with van der Waals surface area (Å²) < 4.78 is 1.55. The maximum absolute atomic E-state index is 9.31. The minimum absolute atomic E-state index is 0.200. The molecule has 3 N–H and O–H groups in total. The Bertz CT molecular complexity index is 667. The number of aromatic nitrogens is 3. The minimum atomic E-state index is 0.200. The van der Waals surface area contributed by atoms with Gasteiger partial charge in [-0.05, 0) is 31.2 Å². The topological polar surface area (TPSA) is 77.0 Å². The standard InChI is InChI=1S/C15H14N4O/c1-10-2-4-11(5-3-10)14-15(16)19(18-17-14)12-6-8-13(20)9-7-12/h2-9,20H,16H2,1H3. The van der Waals surface area contributed by atoms with E-state index in [1.165, 1.54) is 5.56 Å². The van der Waals surface area contributed by atoms with Gasteiger partial charge >= 0.3 is 0 Å². The summed E-state index contributed by atoms with van der Waals surface area (Å²) in [4.78, 5) is 0. The van der Waals surface area contributed by atoms with E-state index in [0.717, 1.165) is 11.3 Å². The lowest BCUT2D eigenvalue weighted by Crippen LogP contribution is -2.02. The Labute approximate surface area is 116 Å². The molecule has 3 rings (SSSR count). The van der Waals surface area contributed by atoms with E-state index in [1.807, 2.05) is 31.2 Å². The third-order valence-corrected chi connectivity index (χ3v) is 3.12. The maximum Gasteiger partial charge on any atom is 0.155 e. The molecule has 0 fully saturated rings. The molecule has 0 amide bonds. The van der Waals surface area contributed by atoms with Crippen LogP contribution in [-0.2, 0) is 0 Å². The highest BCUT2D eigenvalue weighted by atomic mass is 16.3. The minimum Gasteiger partial charge on any atom is -0.508 e. The number of aryl methyl sites for hydroxylation is 1. The molecule has 100 valence electrons. The van der Waals surface area contributed by atoms with Crippen molar-refractivity contribution >= 4 is 5.82 Å². The number of aromatic hydroxyl groups is 1. The number of nitrogens with zero attached hydrogens (tertiary/aromatic N) is 3. The first-order chi connectivity index (χ1) is 9.65. The smallest absolute Gasteiger partial charge is 0.155 e. The lowest BCUT2D eigenvalue weighted by molar-refractivity contribution is 0.475. The van der Waals surface area contributed by atoms with Crippen LogP contribution in [0.25, 0.3) is 16.9 Å². The van der Waals surface area contributed by atoms with Crippen LogP contribution < -0.4 is 5.73 Å². The predicted octanol–water partition coefficient (Wildman–Crippen LogP) is 2.53. The third-order valence-electron chi connectivity index (χ3n) is 3.12. The van der Waals surface area contributed by atoms with Gasteiger partial charge in [0, 0.05) is 5.56 Å². The van der Waals surface area contributed by atoms with Crippen LogP contribution in [0.3, 0.4) is 0 Å². The van der Waals surface area contributed by atoms with Gasteiger partial charge in [0.05, 0.1) is 5.69 Å². The summed E-state index contributed by atoms with van der Waals surface area (Å²) >= 11 is 0. The second kappa shape index (κ2) is 4.70. The Morgan fingerprint density at radius 1 is 1.00 bits per heavy atom. The summed E-state index contributed by atoms with van der Waals surface area (Å²) in [7, 11) is 0. The lowest BCUT2D eigenvalue weighted by atomic mass is 10.1. The molecule has 1 aromatic heterocycles. The van der Waals surface area contributed by atoms with Crippen molar-refractivity contribution in [2.24, 2.45) is 0 Å². The fourth-order valence-electron chi connectivity index (χ4n) is 1.99. The van der Waals surface area contributed by atoms with E-state index in [2.05, 4.69) is 10.3 Å². The van der Waals surface area contributed by atoms with Crippen molar-refractivity contribution in [2.45, 2.75) is 6.92 Å². The molecule has 5 heteroatoms. The number of benzene rings is 2. The number of phenols is 1. The number of rotatable bonds is 2. The van der Waals surface area contributed by atoms with Crippen LogP contribution in [0.4, 0.5) is 5.82 Å². The molecule has 0 atom stereocenters. The molecule has 3 aromatic rings. The molecule has 0 spiro atoms. The molecule has 20 heavy (non-hydrogen) atoms. The van der Waals surface area contributed by atoms with Gasteiger partial charge in [-0.3, -0.25) is 0 Å². The molecule has 0 aliphatic carbocycles. The molecule has 0 aliphatic heterocycles. The van der Waals surface area contributed by atoms with Crippen molar-refractivity contribution in [3.8, 4) is 22.7 Å². The van der Waals surface area contributed by atoms with Gasteiger partial charge in [-0.25, -0.2) is 0 Å². The number of hydrogen-bond acceptors (Lipinski definition) is 4. The summed E-state index contributed by atoms with van der Waals surface area (Å²) in [6, 6.07) is 14.6. The second-order valence-electron chi connectivity index (χ2n) is 4.62. The van der Waals surface area contributed by atoms with Crippen molar-refractivity contribution in [2.75, 3.05) is 5.73 Å². The van der Waals surface area contributed by atoms with E-state index in [0.29, 0.717) is 11.5 Å². The summed E-state index contributed by atoms with van der Waals surface area (Å²) in [6.45, 7) is 2.03. The average molecular weight is 266 g/mol. The Balaban J connectivity index is 2.04. The Hall–Kier alpha value is -2.82. The van der Waals surface area contributed by atoms with Crippen LogP contribution in [0.5, 0.6) is 5.75 Å². The van der Waals surface area contributed by atoms with Gasteiger partial charge in [0.15, 0.2) is 5.82 Å². The zero-order valence-corrected chi connectivity index (χ0v) is 11.0. The van der Waals surface area contributed by atoms with Crippen LogP contribution in [0.15, 0.2) is 48.5 Å². The molecule has 2 aromatic carbocycles. The van der Waals surface area contributed by atoms with E-state index in [9.17, 15) is 5.11 Å². The largest absolute Gasteiger partial charge is 0.508 e. The van der Waals surface area contributed by atoms with Crippen LogP contribution in [0.1, 0.15) is 5.56 Å². The SMILES string of the molecule is Cc1ccc(-c2nnn(-c3ccc(O)cc3)c2N)cc1. The molecule has 0 aliphatic rings. The van der Waals surface area contributed by atoms with Crippen LogP contribution in [0, 0.1) is 6.92 Å². The second-order valence-corrected chi connectivity index (χ2v) is 4.62. The van der Waals surface area contributed by atoms with Crippen molar-refractivity contribution in [1.29, 1.82) is 0 Å². The van der Waals surface area contributed by atoms with Crippen LogP contribution in [-0.4, -0.2) is 20.1 Å². The Morgan fingerprint density at radius 3 is 2.30 bits per heavy atom. The highest BCUT2D eigenvalue weighted by Crippen LogP contribution is 2.25. The Kier molecular flexibility index (Phi) is 2.87. The van der Waals surface area contributed by atoms with Gasteiger partial charge < -0.3 is 10.8 Å². The van der Waals surface area contributed by atoms with Crippen LogP contribution in [0.2, 0.25) is 0 Å². The van der Waals surface area contributed by atoms with Crippen molar-refractivity contribution < 1.29 is 5.11 Å². The van der Waals surface area contributed by atoms with Gasteiger partial charge in [-0.2, -0.15) is 4.68 Å². The molecule has 0 radical (unpaired) electrons. The molecule has 0 bridgehead atoms. The summed E-state index contributed by atoms with van der Waals surface area (Å²) in [5.74, 6) is 0.672. The average Bonchev–Trinajstić information content (AvgIpc) is 2.83. The number of nitrogen functional groups attached to an aromatic ring is 1. The Morgan fingerprint density at radius 2 is 1.65 bits per heavy atom. The molecule has 0 saturated heterocycles. The fourth-order valence-corrected chi connectivity index (χ4v) is 1.99. The van der Waals surface area contributed by atoms with Crippen molar-refractivity contribution in [1.82, 2.24) is 15.0 Å². The zero-order valence-electron chi connectivity index (χ0n) is 11.0. The van der Waals surface area contributed by atoms with E-state index in [4.69, 9.17) is 5.73 Å². The molecule has 1 heterocycles. The van der Waals surface area contributed by atoms with Gasteiger partial charge in [0.25, 0.3) is 0 Å². The van der Waals surface area contributed by atoms with E-state index in [-0.39, 0.29) is 5.75 Å². The number of phenolic OH excluding ortho intramolecular Hbond substituents is 1. The molecule has 0 saturated carbocycles. The van der Waals surface area contributed by atoms with E-state index < -0.39 is 0 Å². The third kappa shape index (κ3) is 2.09. The van der Waals surface area contributed by atoms with Gasteiger partial charge in [-0.1, -0.05) is 35.0 Å². The monoisotopic (exact) mass is 266 g/mol. The van der Waals surface area contributed by atoms with Gasteiger partial charge in [-0.15, -0.1) is 5.10 Å². The summed E-state index contributed by atoms with van der Waals surface area (Å²) in [5.41, 5.74) is 9.63. The maximum atomic E-state index is 9.31. The fraction of sp³-hybridized carbons (Fsp3) is 0.0667. The van der Waals surface area contributed by atoms with E-state index >= 15 is 0 Å². The predicted molar refractivity (Wildman–Crippen MR) is 77.6 cm³/mol. The highest BCUT2D eigenvalue weighted by molar-refractivity contribution is 5.71. The molecule has 0 unspecified atom stereocenters. The summed E-state index contributed by atoms with van der Waals surface area (Å²) in [6.07, 6.45) is 0. The van der Waals surface area contributed by atoms with Gasteiger partial charge in [0.1, 0.15) is 11.4 Å². The first-order valence-electron chi connectivity index (χ1n) is 6.23. The normalized spacial score (nSPS) is 10.7. The quantitative estimate of drug-likeness (QED) is 0.747. The number of hydrogen-bond donors (Lipinski definition) is 2. The molecular formula is C15H14N4O. The van der Waals surface area contributed by atoms with Gasteiger partial charge in [0.2, 0.25) is 0 Å². The van der Waals surface area contributed by atoms with Crippen molar-refractivity contribution in [3.05, 3.63) is 54.1 Å². The number of anilines is 1. The zero-order chi connectivity index (χ0) is 14.1. The van der Waals surface area contributed by atoms with Crippen molar-refractivity contribution in [3.63, 3.8) is 0 Å². The lowest BCUT2D eigenvalue weighted by Gasteiger charge is -2.04. The highest BCUT2D eigenvalue weighted by Gasteiger charge is 2.12. The van der Waals surface area contributed by atoms with E-state index in [1.54, 1.807) is 28.9 Å². The molecule has 5 nitrogen and oxygen atoms in total. The first kappa shape index (κ1) is 12.2. The number of nitrogens with two attached hydrogens (primary N) is 1. The first-order valence-corrected chi connectivity index (χ1v) is 6.23. The van der Waals surface area contributed by atoms with Crippen LogP contribution >= 0.6 is 0 Å². The summed E-state index contributed by atoms with van der Waals surface area (Å²) in [5, 5.41) is 17.5.